The van der Waals surface area contributed by atoms with Gasteiger partial charge in [-0.15, -0.1) is 0 Å². The van der Waals surface area contributed by atoms with E-state index in [-0.39, 0.29) is 30.6 Å². The number of carboxylic acid groups (broad SMARTS) is 1. The summed E-state index contributed by atoms with van der Waals surface area (Å²) < 4.78 is 13.3. The molecule has 1 aliphatic heterocycles. The van der Waals surface area contributed by atoms with Crippen LogP contribution in [0.15, 0.2) is 24.3 Å². The zero-order chi connectivity index (χ0) is 21.0. The molecule has 1 saturated heterocycles. The van der Waals surface area contributed by atoms with E-state index in [4.69, 9.17) is 5.11 Å². The highest BCUT2D eigenvalue weighted by Crippen LogP contribution is 2.49. The molecule has 1 aliphatic carbocycles. The summed E-state index contributed by atoms with van der Waals surface area (Å²) in [6.45, 7) is 2.23. The molecule has 8 heteroatoms. The Kier molecular flexibility index (Phi) is 6.52. The predicted octanol–water partition coefficient (Wildman–Crippen LogP) is 1.32. The number of rotatable bonds is 4. The molecule has 3 rings (SSSR count). The number of halogens is 1. The second-order valence-electron chi connectivity index (χ2n) is 8.00. The number of amides is 2. The maximum absolute atomic E-state index is 13.4. The molecule has 7 nitrogen and oxygen atoms in total. The number of hydrogen-bond donors (Lipinski definition) is 1. The Balaban J connectivity index is 1.71. The topological polar surface area (TPSA) is 81.2 Å². The maximum Gasteiger partial charge on any atom is 0.323 e. The zero-order valence-corrected chi connectivity index (χ0v) is 16.8. The molecule has 1 heterocycles. The van der Waals surface area contributed by atoms with Gasteiger partial charge in [0.2, 0.25) is 11.8 Å². The molecule has 0 radical (unpaired) electrons. The van der Waals surface area contributed by atoms with Gasteiger partial charge in [-0.05, 0) is 44.0 Å². The van der Waals surface area contributed by atoms with Gasteiger partial charge in [-0.1, -0.05) is 12.1 Å². The smallest absolute Gasteiger partial charge is 0.323 e. The highest BCUT2D eigenvalue weighted by atomic mass is 19.1. The molecule has 1 N–H and O–H groups in total. The Hall–Kier alpha value is -2.48. The van der Waals surface area contributed by atoms with Crippen molar-refractivity contribution in [1.82, 2.24) is 14.7 Å². The Morgan fingerprint density at radius 3 is 2.34 bits per heavy atom. The van der Waals surface area contributed by atoms with E-state index in [0.717, 1.165) is 18.4 Å². The molecule has 0 spiro atoms. The van der Waals surface area contributed by atoms with Gasteiger partial charge >= 0.3 is 5.97 Å². The molecule has 2 fully saturated rings. The van der Waals surface area contributed by atoms with E-state index in [2.05, 4.69) is 0 Å². The first-order chi connectivity index (χ1) is 13.8. The van der Waals surface area contributed by atoms with Crippen molar-refractivity contribution >= 4 is 17.8 Å². The Labute approximate surface area is 170 Å². The van der Waals surface area contributed by atoms with Crippen LogP contribution in [0, 0.1) is 5.82 Å². The van der Waals surface area contributed by atoms with Crippen molar-refractivity contribution in [3.05, 3.63) is 35.6 Å². The number of carbonyl (C=O) groups is 3. The lowest BCUT2D eigenvalue weighted by Crippen LogP contribution is -2.44. The molecule has 1 aromatic rings. The molecule has 0 aromatic heterocycles. The van der Waals surface area contributed by atoms with Crippen molar-refractivity contribution < 1.29 is 23.9 Å². The molecule has 0 bridgehead atoms. The SMILES string of the molecule is CN1CCN(CC(=O)O)C(=O)CCCN(C(=O)C2(c3ccc(F)cc3)CC2)CC1. The fourth-order valence-corrected chi connectivity index (χ4v) is 3.87. The minimum atomic E-state index is -1.03. The molecule has 0 atom stereocenters. The average Bonchev–Trinajstić information content (AvgIpc) is 3.48. The molecule has 1 aromatic carbocycles. The Bertz CT molecular complexity index is 764. The summed E-state index contributed by atoms with van der Waals surface area (Å²) in [5, 5.41) is 9.05. The van der Waals surface area contributed by atoms with E-state index < -0.39 is 11.4 Å². The van der Waals surface area contributed by atoms with Gasteiger partial charge < -0.3 is 19.8 Å². The largest absolute Gasteiger partial charge is 0.480 e. The third kappa shape index (κ3) is 5.12. The lowest BCUT2D eigenvalue weighted by atomic mass is 9.94. The minimum absolute atomic E-state index is 0.0339. The van der Waals surface area contributed by atoms with Crippen molar-refractivity contribution in [3.63, 3.8) is 0 Å². The highest BCUT2D eigenvalue weighted by molar-refractivity contribution is 5.91. The Morgan fingerprint density at radius 1 is 1.07 bits per heavy atom. The molecule has 29 heavy (non-hydrogen) atoms. The summed E-state index contributed by atoms with van der Waals surface area (Å²) in [5.74, 6) is -1.51. The van der Waals surface area contributed by atoms with Crippen LogP contribution < -0.4 is 0 Å². The number of aliphatic carboxylic acids is 1. The van der Waals surface area contributed by atoms with Gasteiger partial charge in [-0.2, -0.15) is 0 Å². The minimum Gasteiger partial charge on any atom is -0.480 e. The number of benzene rings is 1. The summed E-state index contributed by atoms with van der Waals surface area (Å²) in [6.07, 6.45) is 2.19. The van der Waals surface area contributed by atoms with Crippen molar-refractivity contribution in [1.29, 1.82) is 0 Å². The number of carbonyl (C=O) groups excluding carboxylic acids is 2. The first-order valence-electron chi connectivity index (χ1n) is 10.1. The van der Waals surface area contributed by atoms with E-state index in [1.807, 2.05) is 16.8 Å². The fraction of sp³-hybridized carbons (Fsp3) is 0.571. The second kappa shape index (κ2) is 8.90. The van der Waals surface area contributed by atoms with Crippen molar-refractivity contribution in [2.24, 2.45) is 0 Å². The van der Waals surface area contributed by atoms with Crippen LogP contribution in [0.5, 0.6) is 0 Å². The highest BCUT2D eigenvalue weighted by Gasteiger charge is 2.52. The van der Waals surface area contributed by atoms with Crippen LogP contribution in [0.2, 0.25) is 0 Å². The maximum atomic E-state index is 13.4. The summed E-state index contributed by atoms with van der Waals surface area (Å²) in [4.78, 5) is 42.0. The van der Waals surface area contributed by atoms with Crippen LogP contribution in [-0.2, 0) is 19.8 Å². The molecule has 2 amide bonds. The number of nitrogens with zero attached hydrogens (tertiary/aromatic N) is 3. The second-order valence-corrected chi connectivity index (χ2v) is 8.00. The number of carboxylic acids is 1. The van der Waals surface area contributed by atoms with Gasteiger partial charge in [0, 0.05) is 39.1 Å². The van der Waals surface area contributed by atoms with E-state index in [9.17, 15) is 18.8 Å². The lowest BCUT2D eigenvalue weighted by molar-refractivity contribution is -0.144. The summed E-state index contributed by atoms with van der Waals surface area (Å²) in [5.41, 5.74) is 0.265. The van der Waals surface area contributed by atoms with Gasteiger partial charge in [0.05, 0.1) is 5.41 Å². The van der Waals surface area contributed by atoms with Gasteiger partial charge in [-0.25, -0.2) is 4.39 Å². The number of likely N-dealkylation sites (N-methyl/N-ethyl adjacent to an activating group) is 1. The zero-order valence-electron chi connectivity index (χ0n) is 16.8. The van der Waals surface area contributed by atoms with Crippen molar-refractivity contribution in [2.45, 2.75) is 31.1 Å². The van der Waals surface area contributed by atoms with Crippen LogP contribution in [0.1, 0.15) is 31.2 Å². The quantitative estimate of drug-likeness (QED) is 0.817. The molecule has 1 saturated carbocycles. The lowest BCUT2D eigenvalue weighted by Gasteiger charge is -2.29. The fourth-order valence-electron chi connectivity index (χ4n) is 3.87. The van der Waals surface area contributed by atoms with Crippen LogP contribution in [0.4, 0.5) is 4.39 Å². The van der Waals surface area contributed by atoms with E-state index >= 15 is 0 Å². The molecule has 2 aliphatic rings. The monoisotopic (exact) mass is 405 g/mol. The first kappa shape index (κ1) is 21.2. The van der Waals surface area contributed by atoms with Crippen LogP contribution in [-0.4, -0.2) is 83.9 Å². The molecular weight excluding hydrogens is 377 g/mol. The first-order valence-corrected chi connectivity index (χ1v) is 10.1. The summed E-state index contributed by atoms with van der Waals surface area (Å²) in [6, 6.07) is 6.15. The average molecular weight is 405 g/mol. The van der Waals surface area contributed by atoms with Gasteiger partial charge in [-0.3, -0.25) is 14.4 Å². The molecular formula is C21H28FN3O4. The number of hydrogen-bond acceptors (Lipinski definition) is 4. The summed E-state index contributed by atoms with van der Waals surface area (Å²) >= 11 is 0. The van der Waals surface area contributed by atoms with Gasteiger partial charge in [0.1, 0.15) is 12.4 Å². The van der Waals surface area contributed by atoms with Crippen LogP contribution >= 0.6 is 0 Å². The normalized spacial score (nSPS) is 20.8. The van der Waals surface area contributed by atoms with E-state index in [0.29, 0.717) is 39.1 Å². The molecule has 158 valence electrons. The Morgan fingerprint density at radius 2 is 1.72 bits per heavy atom. The van der Waals surface area contributed by atoms with Crippen molar-refractivity contribution in [3.8, 4) is 0 Å². The summed E-state index contributed by atoms with van der Waals surface area (Å²) in [7, 11) is 1.90. The van der Waals surface area contributed by atoms with Gasteiger partial charge in [0.15, 0.2) is 0 Å². The molecule has 0 unspecified atom stereocenters. The van der Waals surface area contributed by atoms with E-state index in [1.54, 1.807) is 12.1 Å². The van der Waals surface area contributed by atoms with Crippen molar-refractivity contribution in [2.75, 3.05) is 46.3 Å². The van der Waals surface area contributed by atoms with Gasteiger partial charge in [0.25, 0.3) is 0 Å². The van der Waals surface area contributed by atoms with Crippen LogP contribution in [0.25, 0.3) is 0 Å². The standard InChI is InChI=1S/C21H28FN3O4/c1-23-11-13-24(10-2-3-18(26)25(14-12-23)15-19(27)28)20(29)21(8-9-21)16-4-6-17(22)7-5-16/h4-7H,2-3,8-15H2,1H3,(H,27,28). The third-order valence-electron chi connectivity index (χ3n) is 5.84. The van der Waals surface area contributed by atoms with Crippen LogP contribution in [0.3, 0.4) is 0 Å². The van der Waals surface area contributed by atoms with E-state index in [1.165, 1.54) is 17.0 Å². The predicted molar refractivity (Wildman–Crippen MR) is 105 cm³/mol. The third-order valence-corrected chi connectivity index (χ3v) is 5.84.